The van der Waals surface area contributed by atoms with Gasteiger partial charge >= 0.3 is 5.97 Å². The number of benzene rings is 1. The fraction of sp³-hybridized carbons (Fsp3) is 0.357. The van der Waals surface area contributed by atoms with Crippen molar-refractivity contribution >= 4 is 17.7 Å². The average Bonchev–Trinajstić information content (AvgIpc) is 2.83. The number of hydrogen-bond acceptors (Lipinski definition) is 4. The van der Waals surface area contributed by atoms with Gasteiger partial charge in [-0.15, -0.1) is 11.8 Å². The largest absolute Gasteiger partial charge is 0.478 e. The van der Waals surface area contributed by atoms with Crippen molar-refractivity contribution in [3.63, 3.8) is 0 Å². The van der Waals surface area contributed by atoms with E-state index in [9.17, 15) is 4.79 Å². The zero-order valence-electron chi connectivity index (χ0n) is 11.5. The van der Waals surface area contributed by atoms with Crippen LogP contribution in [0.3, 0.4) is 0 Å². The second-order valence-corrected chi connectivity index (χ2v) is 5.92. The first-order valence-corrected chi connectivity index (χ1v) is 7.37. The quantitative estimate of drug-likeness (QED) is 0.829. The molecular formula is C14H17N3O2S. The van der Waals surface area contributed by atoms with Crippen molar-refractivity contribution in [1.29, 1.82) is 0 Å². The summed E-state index contributed by atoms with van der Waals surface area (Å²) in [5.74, 6) is 1.19. The van der Waals surface area contributed by atoms with Crippen LogP contribution in [0.15, 0.2) is 35.5 Å². The highest BCUT2D eigenvalue weighted by molar-refractivity contribution is 7.98. The predicted molar refractivity (Wildman–Crippen MR) is 77.8 cm³/mol. The summed E-state index contributed by atoms with van der Waals surface area (Å²) in [4.78, 5) is 16.1. The maximum atomic E-state index is 10.9. The van der Waals surface area contributed by atoms with E-state index < -0.39 is 5.97 Å². The number of aromatic nitrogens is 3. The number of aromatic carboxylic acids is 1. The molecule has 2 rings (SSSR count). The first-order valence-electron chi connectivity index (χ1n) is 6.39. The predicted octanol–water partition coefficient (Wildman–Crippen LogP) is 2.92. The molecule has 5 nitrogen and oxygen atoms in total. The fourth-order valence-corrected chi connectivity index (χ4v) is 2.67. The maximum Gasteiger partial charge on any atom is 0.335 e. The number of carboxylic acids is 1. The highest BCUT2D eigenvalue weighted by atomic mass is 32.2. The van der Waals surface area contributed by atoms with E-state index in [2.05, 4.69) is 23.9 Å². The van der Waals surface area contributed by atoms with E-state index in [4.69, 9.17) is 5.11 Å². The van der Waals surface area contributed by atoms with Crippen LogP contribution in [0.25, 0.3) is 0 Å². The topological polar surface area (TPSA) is 68.0 Å². The van der Waals surface area contributed by atoms with Crippen molar-refractivity contribution in [1.82, 2.24) is 14.8 Å². The lowest BCUT2D eigenvalue weighted by molar-refractivity contribution is 0.0696. The molecule has 1 aromatic heterocycles. The average molecular weight is 291 g/mol. The van der Waals surface area contributed by atoms with Gasteiger partial charge in [-0.05, 0) is 24.1 Å². The molecule has 2 aromatic rings. The van der Waals surface area contributed by atoms with Crippen molar-refractivity contribution in [2.45, 2.75) is 31.0 Å². The maximum absolute atomic E-state index is 10.9. The standard InChI is InChI=1S/C14H17N3O2S/c1-10(2)7-17-13(15-9-16-17)8-20-12-5-3-4-11(6-12)14(18)19/h3-6,9-10H,7-8H2,1-2H3,(H,18,19). The molecule has 0 amide bonds. The number of carbonyl (C=O) groups is 1. The fourth-order valence-electron chi connectivity index (χ4n) is 1.77. The van der Waals surface area contributed by atoms with Crippen LogP contribution >= 0.6 is 11.8 Å². The summed E-state index contributed by atoms with van der Waals surface area (Å²) in [5, 5.41) is 13.2. The molecular weight excluding hydrogens is 274 g/mol. The monoisotopic (exact) mass is 291 g/mol. The summed E-state index contributed by atoms with van der Waals surface area (Å²) < 4.78 is 1.90. The van der Waals surface area contributed by atoms with Crippen molar-refractivity contribution in [2.24, 2.45) is 5.92 Å². The van der Waals surface area contributed by atoms with Gasteiger partial charge in [0.25, 0.3) is 0 Å². The smallest absolute Gasteiger partial charge is 0.335 e. The van der Waals surface area contributed by atoms with E-state index in [1.54, 1.807) is 36.3 Å². The Labute approximate surface area is 122 Å². The Kier molecular flexibility index (Phi) is 4.79. The van der Waals surface area contributed by atoms with Crippen LogP contribution in [0.1, 0.15) is 30.0 Å². The summed E-state index contributed by atoms with van der Waals surface area (Å²) in [6, 6.07) is 6.93. The molecule has 0 aliphatic heterocycles. The third-order valence-corrected chi connectivity index (χ3v) is 3.67. The zero-order valence-corrected chi connectivity index (χ0v) is 12.3. The highest BCUT2D eigenvalue weighted by Gasteiger charge is 2.08. The third-order valence-electron chi connectivity index (χ3n) is 2.68. The molecule has 6 heteroatoms. The zero-order chi connectivity index (χ0) is 14.5. The summed E-state index contributed by atoms with van der Waals surface area (Å²) in [5.41, 5.74) is 0.304. The molecule has 0 spiro atoms. The molecule has 0 unspecified atom stereocenters. The van der Waals surface area contributed by atoms with Crippen LogP contribution in [-0.4, -0.2) is 25.8 Å². The molecule has 106 valence electrons. The molecule has 0 aliphatic rings. The summed E-state index contributed by atoms with van der Waals surface area (Å²) >= 11 is 1.56. The Morgan fingerprint density at radius 1 is 1.45 bits per heavy atom. The number of thioether (sulfide) groups is 1. The number of rotatable bonds is 6. The van der Waals surface area contributed by atoms with Crippen LogP contribution in [0.5, 0.6) is 0 Å². The van der Waals surface area contributed by atoms with E-state index in [1.165, 1.54) is 0 Å². The minimum atomic E-state index is -0.907. The van der Waals surface area contributed by atoms with Crippen molar-refractivity contribution in [3.8, 4) is 0 Å². The molecule has 0 bridgehead atoms. The van der Waals surface area contributed by atoms with Crippen LogP contribution in [0.2, 0.25) is 0 Å². The second-order valence-electron chi connectivity index (χ2n) is 4.87. The molecule has 1 heterocycles. The Bertz CT molecular complexity index is 596. The van der Waals surface area contributed by atoms with E-state index >= 15 is 0 Å². The Hall–Kier alpha value is -1.82. The van der Waals surface area contributed by atoms with Crippen LogP contribution in [-0.2, 0) is 12.3 Å². The van der Waals surface area contributed by atoms with Crippen LogP contribution in [0.4, 0.5) is 0 Å². The lowest BCUT2D eigenvalue weighted by Gasteiger charge is -2.08. The summed E-state index contributed by atoms with van der Waals surface area (Å²) in [7, 11) is 0. The van der Waals surface area contributed by atoms with E-state index in [1.807, 2.05) is 10.7 Å². The Morgan fingerprint density at radius 3 is 2.95 bits per heavy atom. The van der Waals surface area contributed by atoms with Gasteiger partial charge in [-0.1, -0.05) is 19.9 Å². The van der Waals surface area contributed by atoms with E-state index in [0.717, 1.165) is 17.3 Å². The van der Waals surface area contributed by atoms with Crippen LogP contribution < -0.4 is 0 Å². The minimum absolute atomic E-state index is 0.304. The molecule has 1 N–H and O–H groups in total. The molecule has 0 fully saturated rings. The number of nitrogens with zero attached hydrogens (tertiary/aromatic N) is 3. The SMILES string of the molecule is CC(C)Cn1ncnc1CSc1cccc(C(=O)O)c1. The van der Waals surface area contributed by atoms with Gasteiger partial charge in [-0.2, -0.15) is 5.10 Å². The highest BCUT2D eigenvalue weighted by Crippen LogP contribution is 2.23. The van der Waals surface area contributed by atoms with Gasteiger partial charge in [0.2, 0.25) is 0 Å². The lowest BCUT2D eigenvalue weighted by Crippen LogP contribution is -2.09. The molecule has 0 saturated carbocycles. The van der Waals surface area contributed by atoms with Gasteiger partial charge in [0.1, 0.15) is 12.2 Å². The van der Waals surface area contributed by atoms with Gasteiger partial charge in [0.05, 0.1) is 11.3 Å². The second kappa shape index (κ2) is 6.56. The molecule has 0 aliphatic carbocycles. The van der Waals surface area contributed by atoms with Gasteiger partial charge < -0.3 is 5.11 Å². The van der Waals surface area contributed by atoms with Gasteiger partial charge in [-0.3, -0.25) is 0 Å². The van der Waals surface area contributed by atoms with Gasteiger partial charge in [0, 0.05) is 11.4 Å². The molecule has 0 saturated heterocycles. The minimum Gasteiger partial charge on any atom is -0.478 e. The summed E-state index contributed by atoms with van der Waals surface area (Å²) in [6.45, 7) is 5.11. The van der Waals surface area contributed by atoms with Gasteiger partial charge in [0.15, 0.2) is 0 Å². The molecule has 20 heavy (non-hydrogen) atoms. The Morgan fingerprint density at radius 2 is 2.25 bits per heavy atom. The molecule has 1 aromatic carbocycles. The first kappa shape index (κ1) is 14.6. The van der Waals surface area contributed by atoms with E-state index in [-0.39, 0.29) is 0 Å². The molecule has 0 radical (unpaired) electrons. The lowest BCUT2D eigenvalue weighted by atomic mass is 10.2. The third kappa shape index (κ3) is 3.84. The number of carboxylic acid groups (broad SMARTS) is 1. The molecule has 0 atom stereocenters. The Balaban J connectivity index is 2.03. The first-order chi connectivity index (χ1) is 9.56. The summed E-state index contributed by atoms with van der Waals surface area (Å²) in [6.07, 6.45) is 1.56. The van der Waals surface area contributed by atoms with Crippen molar-refractivity contribution in [3.05, 3.63) is 42.0 Å². The normalized spacial score (nSPS) is 10.9. The van der Waals surface area contributed by atoms with E-state index in [0.29, 0.717) is 17.2 Å². The van der Waals surface area contributed by atoms with Gasteiger partial charge in [-0.25, -0.2) is 14.5 Å². The number of hydrogen-bond donors (Lipinski definition) is 1. The van der Waals surface area contributed by atoms with Crippen molar-refractivity contribution in [2.75, 3.05) is 0 Å². The van der Waals surface area contributed by atoms with Crippen LogP contribution in [0, 0.1) is 5.92 Å². The van der Waals surface area contributed by atoms with Crippen molar-refractivity contribution < 1.29 is 9.90 Å².